The predicted molar refractivity (Wildman–Crippen MR) is 86.8 cm³/mol. The number of nitrogens with zero attached hydrogens (tertiary/aromatic N) is 3. The first-order valence-corrected chi connectivity index (χ1v) is 7.62. The fraction of sp³-hybridized carbons (Fsp3) is 0.353. The Kier molecular flexibility index (Phi) is 4.32. The normalized spacial score (nSPS) is 18.0. The van der Waals surface area contributed by atoms with Crippen LogP contribution in [-0.4, -0.2) is 29.0 Å². The number of hydrogen-bond acceptors (Lipinski definition) is 4. The molecule has 0 spiro atoms. The molecule has 5 nitrogen and oxygen atoms in total. The summed E-state index contributed by atoms with van der Waals surface area (Å²) >= 11 is 0. The number of nitrogens with one attached hydrogen (secondary N) is 1. The van der Waals surface area contributed by atoms with Crippen molar-refractivity contribution in [2.24, 2.45) is 5.92 Å². The van der Waals surface area contributed by atoms with Crippen molar-refractivity contribution in [3.63, 3.8) is 0 Å². The molecule has 5 heteroatoms. The number of carbonyl (C=O) groups excluding carboxylic acids is 1. The molecule has 1 saturated heterocycles. The highest BCUT2D eigenvalue weighted by molar-refractivity contribution is 5.93. The van der Waals surface area contributed by atoms with Crippen LogP contribution in [0.25, 0.3) is 0 Å². The second-order valence-corrected chi connectivity index (χ2v) is 5.64. The number of anilines is 2. The molecule has 1 amide bonds. The largest absolute Gasteiger partial charge is 0.340 e. The number of carbonyl (C=O) groups is 1. The zero-order valence-electron chi connectivity index (χ0n) is 12.7. The second kappa shape index (κ2) is 6.56. The lowest BCUT2D eigenvalue weighted by atomic mass is 9.97. The number of rotatable bonds is 3. The van der Waals surface area contributed by atoms with E-state index < -0.39 is 0 Å². The number of hydrogen-bond donors (Lipinski definition) is 1. The van der Waals surface area contributed by atoms with Crippen molar-refractivity contribution in [3.05, 3.63) is 48.3 Å². The monoisotopic (exact) mass is 296 g/mol. The highest BCUT2D eigenvalue weighted by atomic mass is 16.1. The van der Waals surface area contributed by atoms with Gasteiger partial charge >= 0.3 is 0 Å². The molecule has 114 valence electrons. The lowest BCUT2D eigenvalue weighted by Gasteiger charge is -2.32. The summed E-state index contributed by atoms with van der Waals surface area (Å²) in [5, 5.41) is 3.05. The summed E-state index contributed by atoms with van der Waals surface area (Å²) in [5.41, 5.74) is 1.97. The molecular weight excluding hydrogens is 276 g/mol. The Morgan fingerprint density at radius 3 is 2.77 bits per heavy atom. The van der Waals surface area contributed by atoms with Crippen LogP contribution in [0.15, 0.2) is 42.7 Å². The van der Waals surface area contributed by atoms with E-state index in [-0.39, 0.29) is 11.8 Å². The Bertz CT molecular complexity index is 644. The van der Waals surface area contributed by atoms with Gasteiger partial charge in [0.15, 0.2) is 0 Å². The maximum Gasteiger partial charge on any atom is 0.229 e. The van der Waals surface area contributed by atoms with Gasteiger partial charge in [-0.05, 0) is 37.5 Å². The van der Waals surface area contributed by atoms with Crippen LogP contribution in [-0.2, 0) is 4.79 Å². The van der Waals surface area contributed by atoms with Crippen LogP contribution < -0.4 is 10.2 Å². The highest BCUT2D eigenvalue weighted by Crippen LogP contribution is 2.22. The molecule has 1 unspecified atom stereocenters. The molecule has 3 rings (SSSR count). The Morgan fingerprint density at radius 2 is 2.00 bits per heavy atom. The molecule has 1 aliphatic rings. The van der Waals surface area contributed by atoms with Crippen molar-refractivity contribution in [1.82, 2.24) is 9.97 Å². The van der Waals surface area contributed by atoms with Crippen molar-refractivity contribution in [2.75, 3.05) is 23.3 Å². The van der Waals surface area contributed by atoms with Gasteiger partial charge in [0.2, 0.25) is 11.9 Å². The molecule has 0 aliphatic carbocycles. The van der Waals surface area contributed by atoms with Crippen LogP contribution in [0.1, 0.15) is 18.4 Å². The summed E-state index contributed by atoms with van der Waals surface area (Å²) in [6, 6.07) is 9.65. The lowest BCUT2D eigenvalue weighted by molar-refractivity contribution is -0.120. The quantitative estimate of drug-likeness (QED) is 0.946. The van der Waals surface area contributed by atoms with Crippen molar-refractivity contribution >= 4 is 17.5 Å². The summed E-state index contributed by atoms with van der Waals surface area (Å²) in [7, 11) is 0. The first-order valence-electron chi connectivity index (χ1n) is 7.62. The molecule has 0 saturated carbocycles. The van der Waals surface area contributed by atoms with Crippen molar-refractivity contribution < 1.29 is 4.79 Å². The fourth-order valence-corrected chi connectivity index (χ4v) is 2.78. The minimum absolute atomic E-state index is 0.0304. The molecule has 2 aromatic rings. The Hall–Kier alpha value is -2.43. The molecule has 1 aliphatic heterocycles. The molecular formula is C17H20N4O. The molecule has 1 atom stereocenters. The van der Waals surface area contributed by atoms with Crippen LogP contribution in [0.2, 0.25) is 0 Å². The van der Waals surface area contributed by atoms with Crippen molar-refractivity contribution in [1.29, 1.82) is 0 Å². The molecule has 1 aromatic carbocycles. The standard InChI is InChI=1S/C17H20N4O/c1-13-6-2-3-8-15(13)20-16(22)14-7-4-11-21(12-14)17-18-9-5-10-19-17/h2-3,5-6,8-10,14H,4,7,11-12H2,1H3,(H,20,22). The lowest BCUT2D eigenvalue weighted by Crippen LogP contribution is -2.41. The maximum atomic E-state index is 12.5. The Morgan fingerprint density at radius 1 is 1.23 bits per heavy atom. The number of aromatic nitrogens is 2. The van der Waals surface area contributed by atoms with Crippen LogP contribution in [0.5, 0.6) is 0 Å². The van der Waals surface area contributed by atoms with E-state index in [0.29, 0.717) is 12.5 Å². The van der Waals surface area contributed by atoms with E-state index in [1.165, 1.54) is 0 Å². The van der Waals surface area contributed by atoms with Gasteiger partial charge in [0.25, 0.3) is 0 Å². The summed E-state index contributed by atoms with van der Waals surface area (Å²) < 4.78 is 0. The van der Waals surface area contributed by atoms with E-state index in [0.717, 1.165) is 30.6 Å². The predicted octanol–water partition coefficient (Wildman–Crippen LogP) is 2.64. The van der Waals surface area contributed by atoms with Crippen LogP contribution in [0.4, 0.5) is 11.6 Å². The summed E-state index contributed by atoms with van der Waals surface area (Å²) in [5.74, 6) is 0.753. The summed E-state index contributed by atoms with van der Waals surface area (Å²) in [4.78, 5) is 23.2. The molecule has 2 heterocycles. The number of para-hydroxylation sites is 1. The van der Waals surface area contributed by atoms with E-state index in [4.69, 9.17) is 0 Å². The highest BCUT2D eigenvalue weighted by Gasteiger charge is 2.27. The van der Waals surface area contributed by atoms with Gasteiger partial charge in [-0.2, -0.15) is 0 Å². The smallest absolute Gasteiger partial charge is 0.229 e. The summed E-state index contributed by atoms with van der Waals surface area (Å²) in [6.07, 6.45) is 5.35. The number of piperidine rings is 1. The Labute approximate surface area is 130 Å². The van der Waals surface area contributed by atoms with Gasteiger partial charge in [0.1, 0.15) is 0 Å². The zero-order valence-corrected chi connectivity index (χ0v) is 12.7. The van der Waals surface area contributed by atoms with Gasteiger partial charge in [-0.25, -0.2) is 9.97 Å². The van der Waals surface area contributed by atoms with Gasteiger partial charge in [-0.1, -0.05) is 18.2 Å². The third-order valence-electron chi connectivity index (χ3n) is 4.03. The summed E-state index contributed by atoms with van der Waals surface area (Å²) in [6.45, 7) is 3.57. The number of amides is 1. The average molecular weight is 296 g/mol. The molecule has 1 aromatic heterocycles. The zero-order chi connectivity index (χ0) is 15.4. The fourth-order valence-electron chi connectivity index (χ4n) is 2.78. The first kappa shape index (κ1) is 14.5. The van der Waals surface area contributed by atoms with Gasteiger partial charge in [0, 0.05) is 31.2 Å². The van der Waals surface area contributed by atoms with E-state index >= 15 is 0 Å². The van der Waals surface area contributed by atoms with Crippen LogP contribution in [0.3, 0.4) is 0 Å². The minimum Gasteiger partial charge on any atom is -0.340 e. The minimum atomic E-state index is -0.0304. The van der Waals surface area contributed by atoms with E-state index in [1.807, 2.05) is 31.2 Å². The number of aryl methyl sites for hydroxylation is 1. The molecule has 1 fully saturated rings. The number of benzene rings is 1. The average Bonchev–Trinajstić information content (AvgIpc) is 2.58. The molecule has 1 N–H and O–H groups in total. The third kappa shape index (κ3) is 3.24. The first-order chi connectivity index (χ1) is 10.7. The van der Waals surface area contributed by atoms with E-state index in [9.17, 15) is 4.79 Å². The molecule has 0 bridgehead atoms. The van der Waals surface area contributed by atoms with Gasteiger partial charge < -0.3 is 10.2 Å². The Balaban J connectivity index is 1.67. The van der Waals surface area contributed by atoms with Crippen LogP contribution >= 0.6 is 0 Å². The van der Waals surface area contributed by atoms with Gasteiger partial charge in [-0.15, -0.1) is 0 Å². The molecule has 22 heavy (non-hydrogen) atoms. The van der Waals surface area contributed by atoms with Gasteiger partial charge in [0.05, 0.1) is 5.92 Å². The molecule has 0 radical (unpaired) electrons. The van der Waals surface area contributed by atoms with Crippen molar-refractivity contribution in [2.45, 2.75) is 19.8 Å². The van der Waals surface area contributed by atoms with Crippen LogP contribution in [0, 0.1) is 12.8 Å². The SMILES string of the molecule is Cc1ccccc1NC(=O)C1CCCN(c2ncccn2)C1. The third-order valence-corrected chi connectivity index (χ3v) is 4.03. The maximum absolute atomic E-state index is 12.5. The van der Waals surface area contributed by atoms with E-state index in [2.05, 4.69) is 20.2 Å². The van der Waals surface area contributed by atoms with E-state index in [1.54, 1.807) is 18.5 Å². The van der Waals surface area contributed by atoms with Crippen molar-refractivity contribution in [3.8, 4) is 0 Å². The topological polar surface area (TPSA) is 58.1 Å². The van der Waals surface area contributed by atoms with Gasteiger partial charge in [-0.3, -0.25) is 4.79 Å². The second-order valence-electron chi connectivity index (χ2n) is 5.64.